The lowest BCUT2D eigenvalue weighted by Gasteiger charge is -2.12. The van der Waals surface area contributed by atoms with Crippen LogP contribution in [0.4, 0.5) is 0 Å². The number of aromatic nitrogens is 1. The second kappa shape index (κ2) is 6.17. The van der Waals surface area contributed by atoms with Gasteiger partial charge in [-0.1, -0.05) is 12.1 Å². The van der Waals surface area contributed by atoms with E-state index in [2.05, 4.69) is 18.0 Å². The molecule has 0 aliphatic heterocycles. The van der Waals surface area contributed by atoms with Crippen LogP contribution in [0.5, 0.6) is 5.75 Å². The van der Waals surface area contributed by atoms with Crippen molar-refractivity contribution in [2.75, 3.05) is 6.61 Å². The molecular weight excluding hydrogens is 256 g/mol. The van der Waals surface area contributed by atoms with E-state index in [1.807, 2.05) is 31.5 Å². The van der Waals surface area contributed by atoms with Gasteiger partial charge in [0.1, 0.15) is 5.75 Å². The van der Waals surface area contributed by atoms with E-state index < -0.39 is 0 Å². The first-order chi connectivity index (χ1) is 9.08. The Bertz CT molecular complexity index is 549. The summed E-state index contributed by atoms with van der Waals surface area (Å²) in [6, 6.07) is 6.20. The fourth-order valence-electron chi connectivity index (χ4n) is 1.94. The zero-order valence-electron chi connectivity index (χ0n) is 11.6. The lowest BCUT2D eigenvalue weighted by molar-refractivity contribution is 0.320. The molecule has 2 N–H and O–H groups in total. The maximum Gasteiger partial charge on any atom is 0.122 e. The van der Waals surface area contributed by atoms with Crippen LogP contribution in [0.25, 0.3) is 0 Å². The van der Waals surface area contributed by atoms with Crippen LogP contribution in [0.2, 0.25) is 0 Å². The minimum absolute atomic E-state index is 0.0626. The Morgan fingerprint density at radius 1 is 1.37 bits per heavy atom. The summed E-state index contributed by atoms with van der Waals surface area (Å²) >= 11 is 1.69. The predicted molar refractivity (Wildman–Crippen MR) is 79.8 cm³/mol. The lowest BCUT2D eigenvalue weighted by atomic mass is 10.1. The molecule has 0 saturated carbocycles. The molecule has 1 atom stereocenters. The van der Waals surface area contributed by atoms with Crippen LogP contribution in [0.1, 0.15) is 34.7 Å². The molecule has 19 heavy (non-hydrogen) atoms. The number of aryl methyl sites for hydroxylation is 2. The highest BCUT2D eigenvalue weighted by Crippen LogP contribution is 2.22. The summed E-state index contributed by atoms with van der Waals surface area (Å²) in [5.74, 6) is 0.937. The van der Waals surface area contributed by atoms with E-state index in [1.165, 1.54) is 4.88 Å². The monoisotopic (exact) mass is 276 g/mol. The number of hydrogen-bond acceptors (Lipinski definition) is 4. The molecule has 2 rings (SSSR count). The van der Waals surface area contributed by atoms with Gasteiger partial charge in [-0.2, -0.15) is 0 Å². The van der Waals surface area contributed by atoms with Gasteiger partial charge in [0, 0.05) is 17.3 Å². The lowest BCUT2D eigenvalue weighted by Crippen LogP contribution is -2.06. The van der Waals surface area contributed by atoms with E-state index in [1.54, 1.807) is 11.3 Å². The van der Waals surface area contributed by atoms with Crippen molar-refractivity contribution in [3.05, 3.63) is 45.4 Å². The molecule has 0 amide bonds. The molecular formula is C15H20N2OS. The van der Waals surface area contributed by atoms with Crippen LogP contribution in [0, 0.1) is 13.8 Å². The summed E-state index contributed by atoms with van der Waals surface area (Å²) in [7, 11) is 0. The largest absolute Gasteiger partial charge is 0.493 e. The molecule has 0 bridgehead atoms. The van der Waals surface area contributed by atoms with Gasteiger partial charge in [0.05, 0.1) is 17.8 Å². The van der Waals surface area contributed by atoms with Gasteiger partial charge in [-0.05, 0) is 38.0 Å². The Labute approximate surface area is 118 Å². The van der Waals surface area contributed by atoms with Crippen molar-refractivity contribution >= 4 is 11.3 Å². The number of ether oxygens (including phenoxy) is 1. The zero-order valence-corrected chi connectivity index (χ0v) is 12.5. The number of benzene rings is 1. The maximum atomic E-state index is 5.87. The molecule has 102 valence electrons. The van der Waals surface area contributed by atoms with Crippen LogP contribution in [-0.2, 0) is 6.42 Å². The molecule has 0 saturated heterocycles. The Balaban J connectivity index is 1.95. The van der Waals surface area contributed by atoms with Gasteiger partial charge in [-0.25, -0.2) is 4.98 Å². The molecule has 0 aliphatic rings. The Kier molecular flexibility index (Phi) is 4.56. The van der Waals surface area contributed by atoms with Gasteiger partial charge in [0.25, 0.3) is 0 Å². The fourth-order valence-corrected chi connectivity index (χ4v) is 2.70. The van der Waals surface area contributed by atoms with E-state index in [-0.39, 0.29) is 6.04 Å². The van der Waals surface area contributed by atoms with Gasteiger partial charge in [0.2, 0.25) is 0 Å². The van der Waals surface area contributed by atoms with Crippen molar-refractivity contribution in [2.24, 2.45) is 5.73 Å². The highest BCUT2D eigenvalue weighted by atomic mass is 32.1. The van der Waals surface area contributed by atoms with Crippen LogP contribution in [0.3, 0.4) is 0 Å². The van der Waals surface area contributed by atoms with Crippen LogP contribution < -0.4 is 10.5 Å². The normalized spacial score (nSPS) is 12.4. The summed E-state index contributed by atoms with van der Waals surface area (Å²) in [5.41, 5.74) is 11.1. The molecule has 0 unspecified atom stereocenters. The summed E-state index contributed by atoms with van der Waals surface area (Å²) in [6.45, 7) is 6.76. The second-order valence-corrected chi connectivity index (χ2v) is 5.71. The number of nitrogens with two attached hydrogens (primary N) is 1. The first-order valence-electron chi connectivity index (χ1n) is 6.46. The van der Waals surface area contributed by atoms with E-state index in [9.17, 15) is 0 Å². The van der Waals surface area contributed by atoms with Gasteiger partial charge in [-0.3, -0.25) is 0 Å². The van der Waals surface area contributed by atoms with Gasteiger partial charge >= 0.3 is 0 Å². The number of hydrogen-bond donors (Lipinski definition) is 1. The summed E-state index contributed by atoms with van der Waals surface area (Å²) < 4.78 is 5.84. The minimum atomic E-state index is 0.0626. The van der Waals surface area contributed by atoms with Crippen molar-refractivity contribution in [3.8, 4) is 5.75 Å². The number of thiazole rings is 1. The van der Waals surface area contributed by atoms with Crippen LogP contribution in [-0.4, -0.2) is 11.6 Å². The standard InChI is InChI=1S/C15H20N2OS/c1-10-8-13(11(2)16)4-5-14(10)18-7-6-15-12(3)17-9-19-15/h4-5,8-9,11H,6-7,16H2,1-3H3/t11-/m1/s1. The third-order valence-corrected chi connectivity index (χ3v) is 4.15. The molecule has 1 aromatic carbocycles. The second-order valence-electron chi connectivity index (χ2n) is 4.77. The Hall–Kier alpha value is -1.39. The quantitative estimate of drug-likeness (QED) is 0.910. The first kappa shape index (κ1) is 14.0. The number of nitrogens with zero attached hydrogens (tertiary/aromatic N) is 1. The van der Waals surface area contributed by atoms with E-state index >= 15 is 0 Å². The van der Waals surface area contributed by atoms with Crippen molar-refractivity contribution < 1.29 is 4.74 Å². The molecule has 3 nitrogen and oxygen atoms in total. The van der Waals surface area contributed by atoms with E-state index in [4.69, 9.17) is 10.5 Å². The SMILES string of the molecule is Cc1cc([C@@H](C)N)ccc1OCCc1scnc1C. The van der Waals surface area contributed by atoms with Crippen molar-refractivity contribution in [1.29, 1.82) is 0 Å². The fraction of sp³-hybridized carbons (Fsp3) is 0.400. The highest BCUT2D eigenvalue weighted by Gasteiger charge is 2.06. The minimum Gasteiger partial charge on any atom is -0.493 e. The van der Waals surface area contributed by atoms with Crippen molar-refractivity contribution in [2.45, 2.75) is 33.2 Å². The third-order valence-electron chi connectivity index (χ3n) is 3.16. The molecule has 0 radical (unpaired) electrons. The predicted octanol–water partition coefficient (Wildman–Crippen LogP) is 3.40. The Morgan fingerprint density at radius 2 is 2.16 bits per heavy atom. The molecule has 1 aromatic heterocycles. The van der Waals surface area contributed by atoms with Gasteiger partial charge < -0.3 is 10.5 Å². The average Bonchev–Trinajstić information content (AvgIpc) is 2.77. The molecule has 1 heterocycles. The topological polar surface area (TPSA) is 48.1 Å². The number of rotatable bonds is 5. The van der Waals surface area contributed by atoms with Crippen molar-refractivity contribution in [1.82, 2.24) is 4.98 Å². The zero-order chi connectivity index (χ0) is 13.8. The third kappa shape index (κ3) is 3.55. The maximum absolute atomic E-state index is 5.87. The summed E-state index contributed by atoms with van der Waals surface area (Å²) in [6.07, 6.45) is 0.908. The highest BCUT2D eigenvalue weighted by molar-refractivity contribution is 7.09. The van der Waals surface area contributed by atoms with Crippen LogP contribution in [0.15, 0.2) is 23.7 Å². The summed E-state index contributed by atoms with van der Waals surface area (Å²) in [4.78, 5) is 5.54. The van der Waals surface area contributed by atoms with Gasteiger partial charge in [-0.15, -0.1) is 11.3 Å². The molecule has 0 aliphatic carbocycles. The molecule has 0 fully saturated rings. The molecule has 0 spiro atoms. The summed E-state index contributed by atoms with van der Waals surface area (Å²) in [5, 5.41) is 0. The molecule has 2 aromatic rings. The Morgan fingerprint density at radius 3 is 2.74 bits per heavy atom. The average molecular weight is 276 g/mol. The van der Waals surface area contributed by atoms with E-state index in [0.29, 0.717) is 6.61 Å². The van der Waals surface area contributed by atoms with Crippen LogP contribution >= 0.6 is 11.3 Å². The van der Waals surface area contributed by atoms with E-state index in [0.717, 1.165) is 29.0 Å². The smallest absolute Gasteiger partial charge is 0.122 e. The molecule has 4 heteroatoms. The van der Waals surface area contributed by atoms with Gasteiger partial charge in [0.15, 0.2) is 0 Å². The first-order valence-corrected chi connectivity index (χ1v) is 7.34. The van der Waals surface area contributed by atoms with Crippen molar-refractivity contribution in [3.63, 3.8) is 0 Å².